The summed E-state index contributed by atoms with van der Waals surface area (Å²) in [6, 6.07) is 1.92. The van der Waals surface area contributed by atoms with Crippen LogP contribution in [0.15, 0.2) is 6.07 Å². The van der Waals surface area contributed by atoms with Crippen LogP contribution in [0.25, 0.3) is 0 Å². The van der Waals surface area contributed by atoms with Crippen LogP contribution >= 0.6 is 0 Å². The van der Waals surface area contributed by atoms with Gasteiger partial charge < -0.3 is 14.5 Å². The molecule has 3 heterocycles. The quantitative estimate of drug-likeness (QED) is 0.827. The third kappa shape index (κ3) is 4.54. The number of rotatable bonds is 3. The lowest BCUT2D eigenvalue weighted by Gasteiger charge is -2.33. The fourth-order valence-corrected chi connectivity index (χ4v) is 3.40. The van der Waals surface area contributed by atoms with Gasteiger partial charge >= 0.3 is 0 Å². The number of carbonyl (C=O) groups excluding carboxylic acids is 2. The Morgan fingerprint density at radius 3 is 2.72 bits per heavy atom. The first-order valence-electron chi connectivity index (χ1n) is 9.02. The molecule has 2 saturated heterocycles. The second-order valence-electron chi connectivity index (χ2n) is 6.83. The summed E-state index contributed by atoms with van der Waals surface area (Å²) in [5, 5.41) is 0. The summed E-state index contributed by atoms with van der Waals surface area (Å²) >= 11 is 0. The summed E-state index contributed by atoms with van der Waals surface area (Å²) in [6.45, 7) is 6.13. The standard InChI is InChI=1S/C18H26N4O3/c1-13-10-14(2)20-18(19-13)15-11-22(8-9-25-15)17(24)12-21-7-5-3-4-6-16(21)23/h10,15H,3-9,11-12H2,1-2H3/t15-/m1/s1. The van der Waals surface area contributed by atoms with Gasteiger partial charge in [0.2, 0.25) is 11.8 Å². The highest BCUT2D eigenvalue weighted by Gasteiger charge is 2.29. The Morgan fingerprint density at radius 2 is 1.96 bits per heavy atom. The Balaban J connectivity index is 1.64. The van der Waals surface area contributed by atoms with E-state index < -0.39 is 0 Å². The predicted octanol–water partition coefficient (Wildman–Crippen LogP) is 1.40. The van der Waals surface area contributed by atoms with Gasteiger partial charge in [0, 0.05) is 30.9 Å². The number of aryl methyl sites for hydroxylation is 2. The van der Waals surface area contributed by atoms with Crippen LogP contribution in [0.4, 0.5) is 0 Å². The molecule has 136 valence electrons. The normalized spacial score (nSPS) is 22.0. The number of ether oxygens (including phenoxy) is 1. The van der Waals surface area contributed by atoms with Gasteiger partial charge in [-0.2, -0.15) is 0 Å². The summed E-state index contributed by atoms with van der Waals surface area (Å²) in [7, 11) is 0. The maximum atomic E-state index is 12.7. The van der Waals surface area contributed by atoms with E-state index in [1.165, 1.54) is 0 Å². The summed E-state index contributed by atoms with van der Waals surface area (Å²) < 4.78 is 5.79. The molecule has 7 heteroatoms. The van der Waals surface area contributed by atoms with Crippen LogP contribution in [0.3, 0.4) is 0 Å². The maximum Gasteiger partial charge on any atom is 0.242 e. The minimum Gasteiger partial charge on any atom is -0.367 e. The topological polar surface area (TPSA) is 75.6 Å². The molecule has 2 fully saturated rings. The van der Waals surface area contributed by atoms with Crippen molar-refractivity contribution in [3.8, 4) is 0 Å². The molecule has 0 saturated carbocycles. The molecule has 25 heavy (non-hydrogen) atoms. The molecule has 0 N–H and O–H groups in total. The largest absolute Gasteiger partial charge is 0.367 e. The second-order valence-corrected chi connectivity index (χ2v) is 6.83. The zero-order chi connectivity index (χ0) is 17.8. The van der Waals surface area contributed by atoms with Crippen LogP contribution in [0, 0.1) is 13.8 Å². The lowest BCUT2D eigenvalue weighted by atomic mass is 10.2. The van der Waals surface area contributed by atoms with Crippen LogP contribution in [0.1, 0.15) is 49.0 Å². The summed E-state index contributed by atoms with van der Waals surface area (Å²) in [4.78, 5) is 37.2. The highest BCUT2D eigenvalue weighted by atomic mass is 16.5. The highest BCUT2D eigenvalue weighted by molar-refractivity contribution is 5.85. The Bertz CT molecular complexity index is 629. The van der Waals surface area contributed by atoms with E-state index in [1.807, 2.05) is 19.9 Å². The van der Waals surface area contributed by atoms with Crippen LogP contribution < -0.4 is 0 Å². The molecule has 0 unspecified atom stereocenters. The smallest absolute Gasteiger partial charge is 0.242 e. The molecule has 0 bridgehead atoms. The Morgan fingerprint density at radius 1 is 1.20 bits per heavy atom. The molecule has 0 spiro atoms. The van der Waals surface area contributed by atoms with Crippen molar-refractivity contribution in [2.45, 2.75) is 45.6 Å². The average Bonchev–Trinajstić information content (AvgIpc) is 2.79. The lowest BCUT2D eigenvalue weighted by molar-refractivity contribution is -0.145. The van der Waals surface area contributed by atoms with E-state index in [4.69, 9.17) is 4.74 Å². The van der Waals surface area contributed by atoms with Gasteiger partial charge in [-0.3, -0.25) is 9.59 Å². The van der Waals surface area contributed by atoms with E-state index in [9.17, 15) is 9.59 Å². The van der Waals surface area contributed by atoms with Crippen LogP contribution in [-0.2, 0) is 14.3 Å². The van der Waals surface area contributed by atoms with Crippen molar-refractivity contribution in [1.82, 2.24) is 19.8 Å². The SMILES string of the molecule is Cc1cc(C)nc([C@H]2CN(C(=O)CN3CCCCCC3=O)CCO2)n1. The third-order valence-electron chi connectivity index (χ3n) is 4.70. The summed E-state index contributed by atoms with van der Waals surface area (Å²) in [5.74, 6) is 0.696. The Hall–Kier alpha value is -2.02. The molecule has 0 aliphatic carbocycles. The first kappa shape index (κ1) is 17.8. The van der Waals surface area contributed by atoms with Gasteiger partial charge in [-0.05, 0) is 32.8 Å². The van der Waals surface area contributed by atoms with Crippen molar-refractivity contribution in [2.75, 3.05) is 32.8 Å². The van der Waals surface area contributed by atoms with Crippen LogP contribution in [0.2, 0.25) is 0 Å². The Labute approximate surface area is 148 Å². The molecule has 0 aromatic carbocycles. The molecule has 1 aromatic rings. The molecule has 1 atom stereocenters. The minimum absolute atomic E-state index is 0.0204. The Kier molecular flexibility index (Phi) is 5.63. The number of nitrogens with zero attached hydrogens (tertiary/aromatic N) is 4. The number of morpholine rings is 1. The third-order valence-corrected chi connectivity index (χ3v) is 4.70. The van der Waals surface area contributed by atoms with Gasteiger partial charge in [0.15, 0.2) is 5.82 Å². The van der Waals surface area contributed by atoms with Gasteiger partial charge in [0.25, 0.3) is 0 Å². The number of likely N-dealkylation sites (tertiary alicyclic amines) is 1. The molecular weight excluding hydrogens is 320 g/mol. The van der Waals surface area contributed by atoms with E-state index in [0.29, 0.717) is 38.5 Å². The van der Waals surface area contributed by atoms with Crippen molar-refractivity contribution < 1.29 is 14.3 Å². The monoisotopic (exact) mass is 346 g/mol. The minimum atomic E-state index is -0.309. The molecule has 3 rings (SSSR count). The molecule has 2 aliphatic rings. The van der Waals surface area contributed by atoms with E-state index >= 15 is 0 Å². The molecule has 0 radical (unpaired) electrons. The second kappa shape index (κ2) is 7.91. The zero-order valence-electron chi connectivity index (χ0n) is 15.0. The number of carbonyl (C=O) groups is 2. The van der Waals surface area contributed by atoms with Gasteiger partial charge in [-0.1, -0.05) is 6.42 Å². The van der Waals surface area contributed by atoms with E-state index in [1.54, 1.807) is 9.80 Å². The van der Waals surface area contributed by atoms with Crippen molar-refractivity contribution in [3.05, 3.63) is 23.3 Å². The van der Waals surface area contributed by atoms with Gasteiger partial charge in [-0.15, -0.1) is 0 Å². The van der Waals surface area contributed by atoms with E-state index in [0.717, 1.165) is 30.7 Å². The van der Waals surface area contributed by atoms with Gasteiger partial charge in [-0.25, -0.2) is 9.97 Å². The predicted molar refractivity (Wildman–Crippen MR) is 91.8 cm³/mol. The highest BCUT2D eigenvalue weighted by Crippen LogP contribution is 2.20. The zero-order valence-corrected chi connectivity index (χ0v) is 15.0. The molecule has 7 nitrogen and oxygen atoms in total. The molecule has 1 aromatic heterocycles. The molecule has 2 aliphatic heterocycles. The fraction of sp³-hybridized carbons (Fsp3) is 0.667. The number of amides is 2. The first-order chi connectivity index (χ1) is 12.0. The van der Waals surface area contributed by atoms with E-state index in [-0.39, 0.29) is 24.5 Å². The van der Waals surface area contributed by atoms with Crippen molar-refractivity contribution in [3.63, 3.8) is 0 Å². The van der Waals surface area contributed by atoms with Crippen molar-refractivity contribution >= 4 is 11.8 Å². The van der Waals surface area contributed by atoms with Crippen molar-refractivity contribution in [2.24, 2.45) is 0 Å². The number of hydrogen-bond donors (Lipinski definition) is 0. The fourth-order valence-electron chi connectivity index (χ4n) is 3.40. The number of aromatic nitrogens is 2. The molecular formula is C18H26N4O3. The van der Waals surface area contributed by atoms with Gasteiger partial charge in [0.05, 0.1) is 19.7 Å². The van der Waals surface area contributed by atoms with Gasteiger partial charge in [0.1, 0.15) is 6.10 Å². The van der Waals surface area contributed by atoms with E-state index in [2.05, 4.69) is 9.97 Å². The molecule has 2 amide bonds. The van der Waals surface area contributed by atoms with Crippen molar-refractivity contribution in [1.29, 1.82) is 0 Å². The summed E-state index contributed by atoms with van der Waals surface area (Å²) in [6.07, 6.45) is 3.19. The maximum absolute atomic E-state index is 12.7. The van der Waals surface area contributed by atoms with Crippen LogP contribution in [0.5, 0.6) is 0 Å². The summed E-state index contributed by atoms with van der Waals surface area (Å²) in [5.41, 5.74) is 1.79. The van der Waals surface area contributed by atoms with Crippen LogP contribution in [-0.4, -0.2) is 64.4 Å². The average molecular weight is 346 g/mol. The lowest BCUT2D eigenvalue weighted by Crippen LogP contribution is -2.48. The first-order valence-corrected chi connectivity index (χ1v) is 9.02. The number of hydrogen-bond acceptors (Lipinski definition) is 5.